The molecule has 3 unspecified atom stereocenters. The molecule has 9 heteroatoms. The Labute approximate surface area is 198 Å². The molecule has 0 aromatic heterocycles. The lowest BCUT2D eigenvalue weighted by Gasteiger charge is -2.43. The van der Waals surface area contributed by atoms with Crippen LogP contribution in [0.3, 0.4) is 0 Å². The van der Waals surface area contributed by atoms with Crippen molar-refractivity contribution < 1.29 is 37.0 Å². The summed E-state index contributed by atoms with van der Waals surface area (Å²) in [6.07, 6.45) is 4.93. The van der Waals surface area contributed by atoms with E-state index in [4.69, 9.17) is 20.6 Å². The molecule has 6 nitrogen and oxygen atoms in total. The van der Waals surface area contributed by atoms with Gasteiger partial charge in [0.15, 0.2) is 11.6 Å². The maximum atomic E-state index is 14.6. The number of piperidine rings is 1. The predicted octanol–water partition coefficient (Wildman–Crippen LogP) is 3.82. The Morgan fingerprint density at radius 1 is 1.18 bits per heavy atom. The van der Waals surface area contributed by atoms with Crippen LogP contribution in [-0.2, 0) is 23.8 Å². The summed E-state index contributed by atoms with van der Waals surface area (Å²) in [7, 11) is 0. The minimum absolute atomic E-state index is 0.0519. The Morgan fingerprint density at radius 2 is 1.85 bits per heavy atom. The summed E-state index contributed by atoms with van der Waals surface area (Å²) >= 11 is 0. The number of carbonyl (C=O) groups excluding carboxylic acids is 2. The maximum Gasteiger partial charge on any atom is 0.307 e. The number of rotatable bonds is 10. The van der Waals surface area contributed by atoms with Gasteiger partial charge in [-0.1, -0.05) is 5.92 Å². The van der Waals surface area contributed by atoms with Crippen LogP contribution < -0.4 is 0 Å². The van der Waals surface area contributed by atoms with E-state index in [9.17, 15) is 22.8 Å². The molecule has 0 saturated carbocycles. The summed E-state index contributed by atoms with van der Waals surface area (Å²) in [5.41, 5.74) is -0.908. The summed E-state index contributed by atoms with van der Waals surface area (Å²) < 4.78 is 58.5. The lowest BCUT2D eigenvalue weighted by Crippen LogP contribution is -2.52. The topological polar surface area (TPSA) is 65.1 Å². The second-order valence-electron chi connectivity index (χ2n) is 9.26. The number of halogens is 3. The maximum absolute atomic E-state index is 14.6. The highest BCUT2D eigenvalue weighted by Crippen LogP contribution is 2.39. The van der Waals surface area contributed by atoms with Crippen molar-refractivity contribution in [2.45, 2.75) is 58.1 Å². The molecule has 34 heavy (non-hydrogen) atoms. The average molecular weight is 484 g/mol. The molecular weight excluding hydrogens is 451 g/mol. The number of hydrogen-bond donors (Lipinski definition) is 0. The number of esters is 1. The largest absolute Gasteiger partial charge is 0.460 e. The van der Waals surface area contributed by atoms with E-state index in [0.717, 1.165) is 6.07 Å². The van der Waals surface area contributed by atoms with E-state index in [1.165, 1.54) is 4.90 Å². The molecule has 1 heterocycles. The van der Waals surface area contributed by atoms with Crippen LogP contribution in [0.2, 0.25) is 0 Å². The van der Waals surface area contributed by atoms with Crippen molar-refractivity contribution in [2.75, 3.05) is 33.0 Å². The highest BCUT2D eigenvalue weighted by Gasteiger charge is 2.42. The van der Waals surface area contributed by atoms with E-state index in [0.29, 0.717) is 6.07 Å². The van der Waals surface area contributed by atoms with Crippen molar-refractivity contribution in [3.8, 4) is 12.3 Å². The van der Waals surface area contributed by atoms with Gasteiger partial charge < -0.3 is 19.1 Å². The lowest BCUT2D eigenvalue weighted by atomic mass is 9.77. The summed E-state index contributed by atoms with van der Waals surface area (Å²) in [4.78, 5) is 27.1. The molecule has 0 radical (unpaired) electrons. The molecule has 1 aliphatic heterocycles. The van der Waals surface area contributed by atoms with Crippen LogP contribution in [0.15, 0.2) is 12.1 Å². The Kier molecular flexibility index (Phi) is 9.95. The first-order valence-electron chi connectivity index (χ1n) is 11.2. The second kappa shape index (κ2) is 12.2. The van der Waals surface area contributed by atoms with E-state index in [1.54, 1.807) is 27.7 Å². The Morgan fingerprint density at radius 3 is 2.50 bits per heavy atom. The highest BCUT2D eigenvalue weighted by molar-refractivity contribution is 5.85. The average Bonchev–Trinajstić information content (AvgIpc) is 2.73. The summed E-state index contributed by atoms with van der Waals surface area (Å²) in [6, 6.07) is 0.834. The zero-order valence-electron chi connectivity index (χ0n) is 20.0. The number of terminal acetylenes is 1. The van der Waals surface area contributed by atoms with Crippen LogP contribution in [0, 0.1) is 35.7 Å². The van der Waals surface area contributed by atoms with E-state index in [1.807, 2.05) is 0 Å². The van der Waals surface area contributed by atoms with Gasteiger partial charge in [-0.2, -0.15) is 0 Å². The molecule has 0 spiro atoms. The Bertz CT molecular complexity index is 909. The molecule has 1 saturated heterocycles. The number of likely N-dealkylation sites (tertiary alicyclic amines) is 1. The van der Waals surface area contributed by atoms with Crippen LogP contribution in [0.1, 0.15) is 52.0 Å². The van der Waals surface area contributed by atoms with Crippen LogP contribution in [0.25, 0.3) is 0 Å². The molecule has 1 aromatic rings. The zero-order chi connectivity index (χ0) is 25.5. The summed E-state index contributed by atoms with van der Waals surface area (Å²) in [6.45, 7) is 7.81. The molecule has 3 atom stereocenters. The number of benzene rings is 1. The van der Waals surface area contributed by atoms with Gasteiger partial charge in [0.1, 0.15) is 18.0 Å². The normalized spacial score (nSPS) is 20.8. The first kappa shape index (κ1) is 27.7. The van der Waals surface area contributed by atoms with Gasteiger partial charge >= 0.3 is 5.97 Å². The van der Waals surface area contributed by atoms with Crippen molar-refractivity contribution in [3.63, 3.8) is 0 Å². The minimum atomic E-state index is -1.30. The van der Waals surface area contributed by atoms with Crippen molar-refractivity contribution in [2.24, 2.45) is 5.92 Å². The third kappa shape index (κ3) is 7.74. The van der Waals surface area contributed by atoms with Crippen LogP contribution >= 0.6 is 0 Å². The molecular formula is C25H32F3NO5. The first-order chi connectivity index (χ1) is 15.9. The molecule has 0 aliphatic carbocycles. The highest BCUT2D eigenvalue weighted by atomic mass is 19.2. The number of nitrogens with zero attached hydrogens (tertiary/aromatic N) is 1. The van der Waals surface area contributed by atoms with E-state index in [-0.39, 0.29) is 57.3 Å². The number of hydrogen-bond acceptors (Lipinski definition) is 5. The molecule has 188 valence electrons. The first-order valence-corrected chi connectivity index (χ1v) is 11.2. The Balaban J connectivity index is 2.21. The van der Waals surface area contributed by atoms with Crippen molar-refractivity contribution >= 4 is 11.9 Å². The molecule has 1 amide bonds. The third-order valence-corrected chi connectivity index (χ3v) is 5.53. The van der Waals surface area contributed by atoms with Gasteiger partial charge in [-0.15, -0.1) is 6.42 Å². The van der Waals surface area contributed by atoms with Gasteiger partial charge in [0.2, 0.25) is 5.91 Å². The van der Waals surface area contributed by atoms with Crippen LogP contribution in [0.5, 0.6) is 0 Å². The van der Waals surface area contributed by atoms with Crippen molar-refractivity contribution in [3.05, 3.63) is 35.1 Å². The van der Waals surface area contributed by atoms with Crippen LogP contribution in [-0.4, -0.2) is 61.4 Å². The van der Waals surface area contributed by atoms with Gasteiger partial charge in [0.25, 0.3) is 0 Å². The molecule has 1 aromatic carbocycles. The van der Waals surface area contributed by atoms with Gasteiger partial charge in [-0.25, -0.2) is 13.2 Å². The van der Waals surface area contributed by atoms with E-state index in [2.05, 4.69) is 5.92 Å². The van der Waals surface area contributed by atoms with E-state index < -0.39 is 46.9 Å². The summed E-state index contributed by atoms with van der Waals surface area (Å²) in [5.74, 6) is -3.50. The van der Waals surface area contributed by atoms with Gasteiger partial charge in [0.05, 0.1) is 26.2 Å². The minimum Gasteiger partial charge on any atom is -0.460 e. The van der Waals surface area contributed by atoms with Crippen molar-refractivity contribution in [1.29, 1.82) is 0 Å². The molecule has 1 fully saturated rings. The smallest absolute Gasteiger partial charge is 0.307 e. The quantitative estimate of drug-likeness (QED) is 0.219. The SMILES string of the molecule is C#CCOCCOCCN1C(=O)C(CC(=O)OC(C)(C)C)CC(c2cc(F)cc(F)c2F)C1C. The Hall–Kier alpha value is -2.57. The fourth-order valence-electron chi connectivity index (χ4n) is 4.07. The predicted molar refractivity (Wildman–Crippen MR) is 119 cm³/mol. The van der Waals surface area contributed by atoms with E-state index >= 15 is 0 Å². The molecule has 0 N–H and O–H groups in total. The van der Waals surface area contributed by atoms with Crippen LogP contribution in [0.4, 0.5) is 13.2 Å². The van der Waals surface area contributed by atoms with Crippen molar-refractivity contribution in [1.82, 2.24) is 4.90 Å². The standard InChI is InChI=1S/C25H32F3NO5/c1-6-8-32-10-11-33-9-7-29-16(2)19(20-14-18(26)15-21(27)23(20)28)12-17(24(29)31)13-22(30)34-25(3,4)5/h1,14-17,19H,7-13H2,2-5H3. The fraction of sp³-hybridized carbons (Fsp3) is 0.600. The lowest BCUT2D eigenvalue weighted by molar-refractivity contribution is -0.160. The second-order valence-corrected chi connectivity index (χ2v) is 9.26. The number of amides is 1. The number of carbonyl (C=O) groups is 2. The van der Waals surface area contributed by atoms with Gasteiger partial charge in [-0.3, -0.25) is 9.59 Å². The van der Waals surface area contributed by atoms with Gasteiger partial charge in [0, 0.05) is 30.5 Å². The zero-order valence-corrected chi connectivity index (χ0v) is 20.0. The molecule has 0 bridgehead atoms. The summed E-state index contributed by atoms with van der Waals surface area (Å²) in [5, 5.41) is 0. The van der Waals surface area contributed by atoms with Gasteiger partial charge in [-0.05, 0) is 45.7 Å². The number of ether oxygens (including phenoxy) is 3. The fourth-order valence-corrected chi connectivity index (χ4v) is 4.07. The third-order valence-electron chi connectivity index (χ3n) is 5.53. The molecule has 2 rings (SSSR count). The molecule has 1 aliphatic rings. The monoisotopic (exact) mass is 483 g/mol.